The number of benzene rings is 2. The molecule has 2 aliphatic carbocycles. The first-order valence-corrected chi connectivity index (χ1v) is 19.8. The van der Waals surface area contributed by atoms with Gasteiger partial charge in [0.25, 0.3) is 0 Å². The SMILES string of the molecule is C/C=C1\CN(C)[C@H]2Cc3c([nH]c4ccccc34)[C@@H](c3c(OC)ccc4c5c([nH]c34)[C@]3(C(=O)OC)C[C@H]4C[C@H](C(C)=O)[C@@H]3N(CC5)C4)C[C@@H]1[C@]2(CO)C(=O)OC. The first-order chi connectivity index (χ1) is 26.6. The lowest BCUT2D eigenvalue weighted by Crippen LogP contribution is -2.68. The molecular formula is C44H52N4O7. The summed E-state index contributed by atoms with van der Waals surface area (Å²) >= 11 is 0. The molecule has 2 aromatic heterocycles. The summed E-state index contributed by atoms with van der Waals surface area (Å²) in [6, 6.07) is 11.8. The molecule has 3 saturated heterocycles. The van der Waals surface area contributed by atoms with Crippen molar-refractivity contribution < 1.29 is 33.7 Å². The third-order valence-electron chi connectivity index (χ3n) is 14.7. The number of aromatic amines is 2. The third-order valence-corrected chi connectivity index (χ3v) is 14.7. The molecule has 3 N–H and O–H groups in total. The molecule has 55 heavy (non-hydrogen) atoms. The number of para-hydroxylation sites is 1. The number of carbonyl (C=O) groups is 3. The summed E-state index contributed by atoms with van der Waals surface area (Å²) in [5.74, 6) is -0.652. The molecule has 6 aliphatic rings. The van der Waals surface area contributed by atoms with E-state index in [4.69, 9.17) is 14.2 Å². The van der Waals surface area contributed by atoms with E-state index in [1.54, 1.807) is 14.0 Å². The lowest BCUT2D eigenvalue weighted by molar-refractivity contribution is -0.169. The molecule has 10 rings (SSSR count). The summed E-state index contributed by atoms with van der Waals surface area (Å²) < 4.78 is 17.6. The van der Waals surface area contributed by atoms with Crippen molar-refractivity contribution in [2.45, 2.75) is 69.4 Å². The van der Waals surface area contributed by atoms with Crippen molar-refractivity contribution in [1.29, 1.82) is 0 Å². The van der Waals surface area contributed by atoms with Gasteiger partial charge in [0, 0.05) is 82.7 Å². The van der Waals surface area contributed by atoms with Crippen LogP contribution in [0.1, 0.15) is 67.1 Å². The molecule has 0 spiro atoms. The van der Waals surface area contributed by atoms with E-state index in [9.17, 15) is 19.5 Å². The number of esters is 2. The average molecular weight is 749 g/mol. The fourth-order valence-corrected chi connectivity index (χ4v) is 12.5. The Balaban J connectivity index is 1.34. The van der Waals surface area contributed by atoms with E-state index in [1.165, 1.54) is 14.2 Å². The summed E-state index contributed by atoms with van der Waals surface area (Å²) in [6.07, 6.45) is 5.22. The molecule has 4 fully saturated rings. The number of rotatable bonds is 6. The average Bonchev–Trinajstić information content (AvgIpc) is 3.73. The molecule has 0 radical (unpaired) electrons. The number of Topliss-reactive ketones (excluding diaryl/α,β-unsaturated/α-hetero) is 1. The van der Waals surface area contributed by atoms with Crippen LogP contribution >= 0.6 is 0 Å². The van der Waals surface area contributed by atoms with E-state index in [2.05, 4.69) is 44.0 Å². The fourth-order valence-electron chi connectivity index (χ4n) is 12.5. The Bertz CT molecular complexity index is 2270. The number of ketones is 1. The second-order valence-electron chi connectivity index (χ2n) is 16.9. The maximum absolute atomic E-state index is 14.4. The molecule has 4 aromatic rings. The minimum absolute atomic E-state index is 0.115. The first kappa shape index (κ1) is 36.2. The molecule has 0 amide bonds. The minimum Gasteiger partial charge on any atom is -0.496 e. The van der Waals surface area contributed by atoms with Gasteiger partial charge in [-0.15, -0.1) is 0 Å². The predicted molar refractivity (Wildman–Crippen MR) is 208 cm³/mol. The third kappa shape index (κ3) is 4.81. The van der Waals surface area contributed by atoms with Crippen LogP contribution in [-0.4, -0.2) is 109 Å². The topological polar surface area (TPSA) is 137 Å². The monoisotopic (exact) mass is 748 g/mol. The Morgan fingerprint density at radius 3 is 2.49 bits per heavy atom. The van der Waals surface area contributed by atoms with E-state index in [-0.39, 0.29) is 54.1 Å². The fraction of sp³-hybridized carbons (Fsp3) is 0.523. The summed E-state index contributed by atoms with van der Waals surface area (Å²) in [5.41, 5.74) is 5.72. The van der Waals surface area contributed by atoms with Crippen LogP contribution in [0.5, 0.6) is 5.75 Å². The Hall–Kier alpha value is -4.45. The summed E-state index contributed by atoms with van der Waals surface area (Å²) in [6.45, 7) is 5.58. The molecule has 11 heteroatoms. The highest BCUT2D eigenvalue weighted by Gasteiger charge is 2.64. The van der Waals surface area contributed by atoms with Gasteiger partial charge in [0.15, 0.2) is 0 Å². The number of nitrogens with one attached hydrogen (secondary N) is 2. The number of aliphatic hydroxyl groups excluding tert-OH is 1. The highest BCUT2D eigenvalue weighted by molar-refractivity contribution is 5.96. The number of nitrogens with zero attached hydrogens (tertiary/aromatic N) is 2. The quantitative estimate of drug-likeness (QED) is 0.183. The lowest BCUT2D eigenvalue weighted by Gasteiger charge is -2.57. The van der Waals surface area contributed by atoms with Crippen molar-refractivity contribution in [3.8, 4) is 5.75 Å². The van der Waals surface area contributed by atoms with Crippen LogP contribution in [0.2, 0.25) is 0 Å². The smallest absolute Gasteiger partial charge is 0.319 e. The number of carbonyl (C=O) groups excluding carboxylic acids is 3. The minimum atomic E-state index is -1.23. The summed E-state index contributed by atoms with van der Waals surface area (Å²) in [4.78, 5) is 54.4. The van der Waals surface area contributed by atoms with Crippen molar-refractivity contribution in [2.75, 3.05) is 54.6 Å². The number of ether oxygens (including phenoxy) is 3. The van der Waals surface area contributed by atoms with Gasteiger partial charge in [-0.25, -0.2) is 0 Å². The van der Waals surface area contributed by atoms with E-state index < -0.39 is 16.8 Å². The normalized spacial score (nSPS) is 33.4. The number of piperidine rings is 3. The van der Waals surface area contributed by atoms with Crippen LogP contribution in [0.15, 0.2) is 48.0 Å². The van der Waals surface area contributed by atoms with Gasteiger partial charge in [-0.2, -0.15) is 0 Å². The second kappa shape index (κ2) is 13.1. The number of aliphatic hydroxyl groups is 1. The van der Waals surface area contributed by atoms with Crippen LogP contribution in [0, 0.1) is 23.2 Å². The lowest BCUT2D eigenvalue weighted by atomic mass is 9.56. The van der Waals surface area contributed by atoms with Crippen LogP contribution in [0.3, 0.4) is 0 Å². The maximum Gasteiger partial charge on any atom is 0.319 e. The molecule has 11 nitrogen and oxygen atoms in total. The van der Waals surface area contributed by atoms with E-state index >= 15 is 0 Å². The Morgan fingerprint density at radius 2 is 1.78 bits per heavy atom. The molecule has 6 bridgehead atoms. The number of fused-ring (bicyclic) bond motifs is 9. The van der Waals surface area contributed by atoms with Gasteiger partial charge in [-0.05, 0) is 88.2 Å². The van der Waals surface area contributed by atoms with Crippen molar-refractivity contribution in [1.82, 2.24) is 19.8 Å². The molecule has 2 aromatic carbocycles. The van der Waals surface area contributed by atoms with Crippen LogP contribution in [-0.2, 0) is 42.1 Å². The maximum atomic E-state index is 14.4. The predicted octanol–water partition coefficient (Wildman–Crippen LogP) is 5.03. The Kier molecular flexibility index (Phi) is 8.60. The largest absolute Gasteiger partial charge is 0.496 e. The number of aromatic nitrogens is 2. The molecule has 1 unspecified atom stereocenters. The zero-order valence-electron chi connectivity index (χ0n) is 32.7. The van der Waals surface area contributed by atoms with Gasteiger partial charge < -0.3 is 29.3 Å². The van der Waals surface area contributed by atoms with E-state index in [0.717, 1.165) is 75.0 Å². The van der Waals surface area contributed by atoms with Crippen molar-refractivity contribution >= 4 is 39.5 Å². The van der Waals surface area contributed by atoms with Gasteiger partial charge in [0.2, 0.25) is 0 Å². The van der Waals surface area contributed by atoms with Gasteiger partial charge in [-0.1, -0.05) is 29.8 Å². The number of methoxy groups -OCH3 is 3. The zero-order chi connectivity index (χ0) is 38.6. The number of hydrogen-bond donors (Lipinski definition) is 3. The molecular weight excluding hydrogens is 697 g/mol. The Morgan fingerprint density at radius 1 is 1.00 bits per heavy atom. The summed E-state index contributed by atoms with van der Waals surface area (Å²) in [5, 5.41) is 13.6. The van der Waals surface area contributed by atoms with Crippen LogP contribution in [0.4, 0.5) is 0 Å². The molecule has 290 valence electrons. The first-order valence-electron chi connectivity index (χ1n) is 19.8. The highest BCUT2D eigenvalue weighted by Crippen LogP contribution is 2.58. The molecule has 1 saturated carbocycles. The van der Waals surface area contributed by atoms with Crippen LogP contribution < -0.4 is 4.74 Å². The van der Waals surface area contributed by atoms with Crippen LogP contribution in [0.25, 0.3) is 21.8 Å². The van der Waals surface area contributed by atoms with Gasteiger partial charge in [0.05, 0.1) is 33.5 Å². The van der Waals surface area contributed by atoms with Gasteiger partial charge >= 0.3 is 11.9 Å². The standard InChI is InChI=1S/C44H52N4O7/c1-7-25-21-47(3)35-18-30-26-10-8-9-11-33(26)45-37(30)31(17-32(25)44(35,22-49)42(52)55-6)36-34(53-4)13-12-27-28-14-15-48-20-24-16-29(23(2)50)40(48)43(19-24,41(51)54-5)39(28)46-38(27)36/h7-13,24,29,31-32,35,40,45-46,49H,14-22H2,1-6H3/b25-7+/t24-,29-,31-,32+,35+,40+,43-,44+/m1/s1. The summed E-state index contributed by atoms with van der Waals surface area (Å²) in [7, 11) is 6.60. The number of likely N-dealkylation sites (N-methyl/N-ethyl adjacent to an activating group) is 1. The van der Waals surface area contributed by atoms with Crippen molar-refractivity contribution in [3.05, 3.63) is 76.1 Å². The number of likely N-dealkylation sites (tertiary alicyclic amines) is 1. The van der Waals surface area contributed by atoms with Gasteiger partial charge in [0.1, 0.15) is 22.4 Å². The van der Waals surface area contributed by atoms with E-state index in [0.29, 0.717) is 38.0 Å². The highest BCUT2D eigenvalue weighted by atomic mass is 16.5. The zero-order valence-corrected chi connectivity index (χ0v) is 32.7. The number of hydrogen-bond acceptors (Lipinski definition) is 9. The molecule has 4 aliphatic heterocycles. The molecule has 6 heterocycles. The Labute approximate surface area is 321 Å². The second-order valence-corrected chi connectivity index (χ2v) is 16.9. The number of H-pyrrole nitrogens is 2. The van der Waals surface area contributed by atoms with Crippen molar-refractivity contribution in [2.24, 2.45) is 23.2 Å². The number of allylic oxidation sites excluding steroid dienone is 1. The van der Waals surface area contributed by atoms with E-state index in [1.807, 2.05) is 32.2 Å². The molecule has 9 atom stereocenters. The van der Waals surface area contributed by atoms with Gasteiger partial charge in [-0.3, -0.25) is 24.2 Å². The van der Waals surface area contributed by atoms with Crippen molar-refractivity contribution in [3.63, 3.8) is 0 Å².